The van der Waals surface area contributed by atoms with Crippen LogP contribution >= 0.6 is 11.8 Å². The molecular formula is C11H19N3OS. The van der Waals surface area contributed by atoms with Crippen molar-refractivity contribution >= 4 is 23.4 Å². The number of aliphatic hydroxyl groups is 1. The van der Waals surface area contributed by atoms with Gasteiger partial charge in [-0.05, 0) is 25.3 Å². The van der Waals surface area contributed by atoms with Gasteiger partial charge < -0.3 is 15.7 Å². The highest BCUT2D eigenvalue weighted by Gasteiger charge is 2.15. The second-order valence-corrected chi connectivity index (χ2v) is 4.62. The maximum atomic E-state index is 9.18. The molecule has 0 spiro atoms. The van der Waals surface area contributed by atoms with Gasteiger partial charge in [0.15, 0.2) is 0 Å². The Morgan fingerprint density at radius 1 is 1.44 bits per heavy atom. The predicted octanol–water partition coefficient (Wildman–Crippen LogP) is 1.65. The number of rotatable bonds is 6. The standard InChI is InChI=1S/C11H19N3OS/c1-8(9(7-15)16-3)13-11-6-4-5-10(12-2)14-11/h4-6,8-9,15H,7H2,1-3H3,(H2,12,13,14). The van der Waals surface area contributed by atoms with Gasteiger partial charge in [-0.25, -0.2) is 4.98 Å². The maximum absolute atomic E-state index is 9.18. The largest absolute Gasteiger partial charge is 0.395 e. The zero-order valence-corrected chi connectivity index (χ0v) is 10.7. The van der Waals surface area contributed by atoms with Gasteiger partial charge in [0, 0.05) is 18.3 Å². The van der Waals surface area contributed by atoms with Crippen molar-refractivity contribution in [1.82, 2.24) is 4.98 Å². The van der Waals surface area contributed by atoms with E-state index < -0.39 is 0 Å². The minimum absolute atomic E-state index is 0.168. The number of hydrogen-bond acceptors (Lipinski definition) is 5. The molecule has 1 rings (SSSR count). The smallest absolute Gasteiger partial charge is 0.128 e. The quantitative estimate of drug-likeness (QED) is 0.707. The van der Waals surface area contributed by atoms with E-state index >= 15 is 0 Å². The summed E-state index contributed by atoms with van der Waals surface area (Å²) < 4.78 is 0. The molecule has 0 amide bonds. The van der Waals surface area contributed by atoms with Gasteiger partial charge in [0.1, 0.15) is 11.6 Å². The minimum Gasteiger partial charge on any atom is -0.395 e. The van der Waals surface area contributed by atoms with Crippen molar-refractivity contribution in [3.8, 4) is 0 Å². The molecular weight excluding hydrogens is 222 g/mol. The van der Waals surface area contributed by atoms with E-state index in [9.17, 15) is 5.11 Å². The fourth-order valence-corrected chi connectivity index (χ4v) is 2.04. The Balaban J connectivity index is 2.64. The summed E-state index contributed by atoms with van der Waals surface area (Å²) in [5.41, 5.74) is 0. The van der Waals surface area contributed by atoms with Crippen LogP contribution in [0.4, 0.5) is 11.6 Å². The Kier molecular flexibility index (Phi) is 5.42. The molecule has 90 valence electrons. The molecule has 4 nitrogen and oxygen atoms in total. The first-order valence-corrected chi connectivity index (χ1v) is 6.55. The van der Waals surface area contributed by atoms with E-state index in [1.165, 1.54) is 0 Å². The SMILES string of the molecule is CNc1cccc(NC(C)C(CO)SC)n1. The zero-order valence-electron chi connectivity index (χ0n) is 9.90. The van der Waals surface area contributed by atoms with Gasteiger partial charge >= 0.3 is 0 Å². The summed E-state index contributed by atoms with van der Waals surface area (Å²) in [7, 11) is 1.84. The number of nitrogens with zero attached hydrogens (tertiary/aromatic N) is 1. The van der Waals surface area contributed by atoms with Crippen LogP contribution in [0.1, 0.15) is 6.92 Å². The van der Waals surface area contributed by atoms with Gasteiger partial charge in [0.05, 0.1) is 6.61 Å². The predicted molar refractivity (Wildman–Crippen MR) is 71.3 cm³/mol. The van der Waals surface area contributed by atoms with Gasteiger partial charge in [-0.15, -0.1) is 0 Å². The second-order valence-electron chi connectivity index (χ2n) is 3.55. The maximum Gasteiger partial charge on any atom is 0.128 e. The fraction of sp³-hybridized carbons (Fsp3) is 0.545. The van der Waals surface area contributed by atoms with E-state index in [2.05, 4.69) is 15.6 Å². The second kappa shape index (κ2) is 6.60. The number of hydrogen-bond donors (Lipinski definition) is 3. The summed E-state index contributed by atoms with van der Waals surface area (Å²) >= 11 is 1.65. The molecule has 1 aromatic rings. The summed E-state index contributed by atoms with van der Waals surface area (Å²) in [4.78, 5) is 4.37. The molecule has 0 aliphatic carbocycles. The Labute approximate surface area is 101 Å². The molecule has 0 radical (unpaired) electrons. The summed E-state index contributed by atoms with van der Waals surface area (Å²) in [6.45, 7) is 2.21. The van der Waals surface area contributed by atoms with Crippen molar-refractivity contribution in [1.29, 1.82) is 0 Å². The van der Waals surface area contributed by atoms with Crippen LogP contribution < -0.4 is 10.6 Å². The van der Waals surface area contributed by atoms with Crippen LogP contribution in [-0.4, -0.2) is 41.3 Å². The number of anilines is 2. The Hall–Kier alpha value is -0.940. The summed E-state index contributed by atoms with van der Waals surface area (Å²) in [5.74, 6) is 1.66. The molecule has 0 aromatic carbocycles. The van der Waals surface area contributed by atoms with Crippen molar-refractivity contribution in [2.75, 3.05) is 30.5 Å². The molecule has 0 aliphatic heterocycles. The van der Waals surface area contributed by atoms with Crippen LogP contribution in [0.15, 0.2) is 18.2 Å². The molecule has 0 fully saturated rings. The number of nitrogens with one attached hydrogen (secondary N) is 2. The van der Waals surface area contributed by atoms with Crippen molar-refractivity contribution in [3.05, 3.63) is 18.2 Å². The first-order valence-electron chi connectivity index (χ1n) is 5.26. The van der Waals surface area contributed by atoms with E-state index in [1.54, 1.807) is 11.8 Å². The average molecular weight is 241 g/mol. The van der Waals surface area contributed by atoms with E-state index in [-0.39, 0.29) is 17.9 Å². The summed E-state index contributed by atoms with van der Waals surface area (Å²) in [6, 6.07) is 5.96. The van der Waals surface area contributed by atoms with Crippen molar-refractivity contribution in [3.63, 3.8) is 0 Å². The van der Waals surface area contributed by atoms with Crippen molar-refractivity contribution in [2.45, 2.75) is 18.2 Å². The lowest BCUT2D eigenvalue weighted by atomic mass is 10.2. The number of pyridine rings is 1. The fourth-order valence-electron chi connectivity index (χ4n) is 1.42. The average Bonchev–Trinajstić information content (AvgIpc) is 2.31. The van der Waals surface area contributed by atoms with Gasteiger partial charge in [-0.1, -0.05) is 6.07 Å². The normalized spacial score (nSPS) is 14.2. The molecule has 1 heterocycles. The molecule has 1 aromatic heterocycles. The highest BCUT2D eigenvalue weighted by Crippen LogP contribution is 2.16. The van der Waals surface area contributed by atoms with Crippen LogP contribution in [0.25, 0.3) is 0 Å². The molecule has 0 saturated carbocycles. The third kappa shape index (κ3) is 3.57. The Morgan fingerprint density at radius 3 is 2.69 bits per heavy atom. The van der Waals surface area contributed by atoms with Crippen LogP contribution in [0.3, 0.4) is 0 Å². The van der Waals surface area contributed by atoms with Crippen molar-refractivity contribution < 1.29 is 5.11 Å². The van der Waals surface area contributed by atoms with Crippen molar-refractivity contribution in [2.24, 2.45) is 0 Å². The van der Waals surface area contributed by atoms with Crippen LogP contribution in [0, 0.1) is 0 Å². The first-order chi connectivity index (χ1) is 7.71. The molecule has 16 heavy (non-hydrogen) atoms. The van der Waals surface area contributed by atoms with Gasteiger partial charge in [-0.2, -0.15) is 11.8 Å². The third-order valence-electron chi connectivity index (χ3n) is 2.42. The third-order valence-corrected chi connectivity index (χ3v) is 3.58. The van der Waals surface area contributed by atoms with Gasteiger partial charge in [0.2, 0.25) is 0 Å². The molecule has 0 bridgehead atoms. The molecule has 0 aliphatic rings. The lowest BCUT2D eigenvalue weighted by Gasteiger charge is -2.21. The van der Waals surface area contributed by atoms with Crippen LogP contribution in [0.5, 0.6) is 0 Å². The van der Waals surface area contributed by atoms with Gasteiger partial charge in [-0.3, -0.25) is 0 Å². The first kappa shape index (κ1) is 13.1. The topological polar surface area (TPSA) is 57.2 Å². The summed E-state index contributed by atoms with van der Waals surface area (Å²) in [5, 5.41) is 15.6. The molecule has 2 unspecified atom stereocenters. The van der Waals surface area contributed by atoms with E-state index in [4.69, 9.17) is 0 Å². The lowest BCUT2D eigenvalue weighted by Crippen LogP contribution is -2.31. The molecule has 3 N–H and O–H groups in total. The monoisotopic (exact) mass is 241 g/mol. The number of thioether (sulfide) groups is 1. The molecule has 2 atom stereocenters. The minimum atomic E-state index is 0.168. The lowest BCUT2D eigenvalue weighted by molar-refractivity contribution is 0.288. The van der Waals surface area contributed by atoms with Crippen LogP contribution in [0.2, 0.25) is 0 Å². The zero-order chi connectivity index (χ0) is 12.0. The Morgan fingerprint density at radius 2 is 2.12 bits per heavy atom. The highest BCUT2D eigenvalue weighted by molar-refractivity contribution is 7.99. The van der Waals surface area contributed by atoms with Crippen LogP contribution in [-0.2, 0) is 0 Å². The summed E-state index contributed by atoms with van der Waals surface area (Å²) in [6.07, 6.45) is 2.00. The van der Waals surface area contributed by atoms with E-state index in [0.717, 1.165) is 11.6 Å². The number of aromatic nitrogens is 1. The molecule has 0 saturated heterocycles. The number of aliphatic hydroxyl groups excluding tert-OH is 1. The molecule has 5 heteroatoms. The van der Waals surface area contributed by atoms with E-state index in [0.29, 0.717) is 0 Å². The van der Waals surface area contributed by atoms with E-state index in [1.807, 2.05) is 38.4 Å². The Bertz CT molecular complexity index is 318. The highest BCUT2D eigenvalue weighted by atomic mass is 32.2. The van der Waals surface area contributed by atoms with Gasteiger partial charge in [0.25, 0.3) is 0 Å².